The Hall–Kier alpha value is -3.82. The summed E-state index contributed by atoms with van der Waals surface area (Å²) in [4.78, 5) is 16.0. The van der Waals surface area contributed by atoms with Gasteiger partial charge in [-0.15, -0.1) is 15.0 Å². The van der Waals surface area contributed by atoms with E-state index in [4.69, 9.17) is 0 Å². The summed E-state index contributed by atoms with van der Waals surface area (Å²) in [5, 5.41) is 21.5. The minimum Gasteiger partial charge on any atom is -0.336 e. The maximum atomic E-state index is 12.9. The number of nitrogens with zero attached hydrogens (tertiary/aromatic N) is 9. The molecule has 0 spiro atoms. The van der Waals surface area contributed by atoms with Crippen molar-refractivity contribution in [2.75, 3.05) is 7.05 Å². The van der Waals surface area contributed by atoms with E-state index >= 15 is 0 Å². The number of amides is 1. The lowest BCUT2D eigenvalue weighted by molar-refractivity contribution is 0.0777. The second kappa shape index (κ2) is 8.50. The van der Waals surface area contributed by atoms with Crippen molar-refractivity contribution >= 4 is 5.91 Å². The largest absolute Gasteiger partial charge is 0.336 e. The van der Waals surface area contributed by atoms with Crippen LogP contribution in [0.4, 0.5) is 0 Å². The molecule has 4 rings (SSSR count). The van der Waals surface area contributed by atoms with Gasteiger partial charge in [0.1, 0.15) is 5.69 Å². The molecule has 10 nitrogen and oxygen atoms in total. The van der Waals surface area contributed by atoms with E-state index in [0.29, 0.717) is 18.1 Å². The number of rotatable bonds is 7. The van der Waals surface area contributed by atoms with Crippen molar-refractivity contribution in [3.05, 3.63) is 65.2 Å². The fraction of sp³-hybridized carbons (Fsp3) is 0.333. The van der Waals surface area contributed by atoms with Crippen molar-refractivity contribution in [1.29, 1.82) is 0 Å². The van der Waals surface area contributed by atoms with E-state index in [9.17, 15) is 4.79 Å². The molecule has 0 saturated carbocycles. The first kappa shape index (κ1) is 20.5. The summed E-state index contributed by atoms with van der Waals surface area (Å²) in [5.74, 6) is 0.389. The zero-order chi connectivity index (χ0) is 22.0. The predicted octanol–water partition coefficient (Wildman–Crippen LogP) is 2.15. The Labute approximate surface area is 180 Å². The average Bonchev–Trinajstić information content (AvgIpc) is 3.50. The van der Waals surface area contributed by atoms with Crippen LogP contribution in [0.3, 0.4) is 0 Å². The Morgan fingerprint density at radius 2 is 1.84 bits per heavy atom. The molecule has 3 heterocycles. The molecule has 0 fully saturated rings. The minimum absolute atomic E-state index is 0.154. The van der Waals surface area contributed by atoms with E-state index in [1.165, 1.54) is 4.80 Å². The molecule has 4 aromatic rings. The highest BCUT2D eigenvalue weighted by Crippen LogP contribution is 2.16. The van der Waals surface area contributed by atoms with Crippen LogP contribution < -0.4 is 0 Å². The first-order valence-corrected chi connectivity index (χ1v) is 10.1. The summed E-state index contributed by atoms with van der Waals surface area (Å²) in [6.07, 6.45) is 1.73. The molecule has 1 aromatic carbocycles. The van der Waals surface area contributed by atoms with E-state index in [1.54, 1.807) is 28.9 Å². The lowest BCUT2D eigenvalue weighted by Crippen LogP contribution is -2.27. The molecular formula is C21H25N9O. The van der Waals surface area contributed by atoms with Crippen molar-refractivity contribution < 1.29 is 4.79 Å². The Morgan fingerprint density at radius 1 is 1.06 bits per heavy atom. The van der Waals surface area contributed by atoms with Crippen molar-refractivity contribution in [3.8, 4) is 11.4 Å². The van der Waals surface area contributed by atoms with Gasteiger partial charge in [-0.1, -0.05) is 30.3 Å². The maximum Gasteiger partial charge on any atom is 0.274 e. The van der Waals surface area contributed by atoms with Crippen LogP contribution in [0.5, 0.6) is 0 Å². The maximum absolute atomic E-state index is 12.9. The third kappa shape index (κ3) is 4.23. The van der Waals surface area contributed by atoms with E-state index in [2.05, 4.69) is 32.5 Å². The van der Waals surface area contributed by atoms with Gasteiger partial charge < -0.3 is 4.90 Å². The first-order chi connectivity index (χ1) is 15.0. The normalized spacial score (nSPS) is 11.1. The van der Waals surface area contributed by atoms with Crippen molar-refractivity contribution in [2.45, 2.75) is 40.5 Å². The molecule has 0 unspecified atom stereocenters. The highest BCUT2D eigenvalue weighted by atomic mass is 16.2. The monoisotopic (exact) mass is 419 g/mol. The van der Waals surface area contributed by atoms with Crippen LogP contribution in [0.15, 0.2) is 42.6 Å². The quantitative estimate of drug-likeness (QED) is 0.455. The molecule has 0 saturated heterocycles. The van der Waals surface area contributed by atoms with Crippen molar-refractivity contribution in [3.63, 3.8) is 0 Å². The zero-order valence-corrected chi connectivity index (χ0v) is 18.1. The molecule has 10 heteroatoms. The summed E-state index contributed by atoms with van der Waals surface area (Å²) in [7, 11) is 1.77. The smallest absolute Gasteiger partial charge is 0.274 e. The molecule has 3 aromatic heterocycles. The molecular weight excluding hydrogens is 394 g/mol. The van der Waals surface area contributed by atoms with Gasteiger partial charge in [0.05, 0.1) is 5.69 Å². The van der Waals surface area contributed by atoms with Crippen LogP contribution in [-0.2, 0) is 19.8 Å². The van der Waals surface area contributed by atoms with Gasteiger partial charge in [-0.2, -0.15) is 10.2 Å². The first-order valence-electron chi connectivity index (χ1n) is 10.1. The number of hydrogen-bond acceptors (Lipinski definition) is 6. The second-order valence-electron chi connectivity index (χ2n) is 7.36. The number of aromatic nitrogens is 8. The summed E-state index contributed by atoms with van der Waals surface area (Å²) >= 11 is 0. The molecule has 0 bridgehead atoms. The Morgan fingerprint density at radius 3 is 2.55 bits per heavy atom. The summed E-state index contributed by atoms with van der Waals surface area (Å²) in [5.41, 5.74) is 4.35. The molecule has 0 atom stereocenters. The van der Waals surface area contributed by atoms with Gasteiger partial charge in [-0.3, -0.25) is 9.48 Å². The van der Waals surface area contributed by atoms with Crippen molar-refractivity contribution in [1.82, 2.24) is 44.7 Å². The fourth-order valence-electron chi connectivity index (χ4n) is 3.47. The lowest BCUT2D eigenvalue weighted by atomic mass is 10.2. The molecule has 1 amide bonds. The van der Waals surface area contributed by atoms with Crippen LogP contribution in [0.1, 0.15) is 34.4 Å². The molecule has 160 valence electrons. The SMILES string of the molecule is CCn1nc(C)c(CN(C)C(=O)c2ccn(Cn3nnc(-c4ccccc4)n3)n2)c1C. The zero-order valence-electron chi connectivity index (χ0n) is 18.1. The standard InChI is InChI=1S/C21H25N9O/c1-5-29-16(3)18(15(2)23-29)13-27(4)21(31)19-11-12-28(24-19)14-30-25-20(22-26-30)17-9-7-6-8-10-17/h6-12H,5,13-14H2,1-4H3. The third-order valence-electron chi connectivity index (χ3n) is 5.19. The van der Waals surface area contributed by atoms with E-state index < -0.39 is 0 Å². The molecule has 0 N–H and O–H groups in total. The van der Waals surface area contributed by atoms with Crippen LogP contribution in [0.25, 0.3) is 11.4 Å². The highest BCUT2D eigenvalue weighted by molar-refractivity contribution is 5.92. The summed E-state index contributed by atoms with van der Waals surface area (Å²) in [6, 6.07) is 11.3. The van der Waals surface area contributed by atoms with Gasteiger partial charge in [0.2, 0.25) is 5.82 Å². The number of carbonyl (C=O) groups excluding carboxylic acids is 1. The van der Waals surface area contributed by atoms with Gasteiger partial charge in [0.15, 0.2) is 6.67 Å². The van der Waals surface area contributed by atoms with Crippen LogP contribution in [0.2, 0.25) is 0 Å². The molecule has 0 radical (unpaired) electrons. The Kier molecular flexibility index (Phi) is 5.61. The highest BCUT2D eigenvalue weighted by Gasteiger charge is 2.19. The number of benzene rings is 1. The molecule has 0 aliphatic heterocycles. The number of carbonyl (C=O) groups is 1. The Bertz CT molecular complexity index is 1190. The molecule has 0 aliphatic rings. The van der Waals surface area contributed by atoms with Gasteiger partial charge >= 0.3 is 0 Å². The van der Waals surface area contributed by atoms with Gasteiger partial charge in [0.25, 0.3) is 5.91 Å². The van der Waals surface area contributed by atoms with Gasteiger partial charge in [-0.05, 0) is 32.1 Å². The van der Waals surface area contributed by atoms with E-state index in [-0.39, 0.29) is 12.6 Å². The van der Waals surface area contributed by atoms with E-state index in [0.717, 1.165) is 29.1 Å². The predicted molar refractivity (Wildman–Crippen MR) is 114 cm³/mol. The van der Waals surface area contributed by atoms with E-state index in [1.807, 2.05) is 48.9 Å². The number of hydrogen-bond donors (Lipinski definition) is 0. The lowest BCUT2D eigenvalue weighted by Gasteiger charge is -2.16. The van der Waals surface area contributed by atoms with Crippen LogP contribution >= 0.6 is 0 Å². The fourth-order valence-corrected chi connectivity index (χ4v) is 3.47. The topological polar surface area (TPSA) is 99.6 Å². The van der Waals surface area contributed by atoms with Crippen LogP contribution in [0, 0.1) is 13.8 Å². The van der Waals surface area contributed by atoms with Crippen LogP contribution in [-0.4, -0.2) is 57.6 Å². The van der Waals surface area contributed by atoms with Crippen molar-refractivity contribution in [2.24, 2.45) is 0 Å². The summed E-state index contributed by atoms with van der Waals surface area (Å²) in [6.45, 7) is 7.60. The third-order valence-corrected chi connectivity index (χ3v) is 5.19. The summed E-state index contributed by atoms with van der Waals surface area (Å²) < 4.78 is 3.57. The molecule has 0 aliphatic carbocycles. The Balaban J connectivity index is 1.43. The number of aryl methyl sites for hydroxylation is 2. The average molecular weight is 419 g/mol. The molecule has 31 heavy (non-hydrogen) atoms. The van der Waals surface area contributed by atoms with Gasteiger partial charge in [0, 0.05) is 43.2 Å². The number of tetrazole rings is 1. The van der Waals surface area contributed by atoms with Gasteiger partial charge in [-0.25, -0.2) is 4.68 Å². The minimum atomic E-state index is -0.154. The second-order valence-corrected chi connectivity index (χ2v) is 7.36.